The molecule has 1 heterocycles. The summed E-state index contributed by atoms with van der Waals surface area (Å²) in [6.07, 6.45) is -4.13. The number of hydrogen-bond acceptors (Lipinski definition) is 6. The van der Waals surface area contributed by atoms with Crippen molar-refractivity contribution in [3.63, 3.8) is 0 Å². The first-order chi connectivity index (χ1) is 14.3. The first-order valence-corrected chi connectivity index (χ1v) is 9.96. The number of rotatable bonds is 9. The molecule has 1 aromatic heterocycles. The number of halogens is 3. The van der Waals surface area contributed by atoms with Crippen molar-refractivity contribution >= 4 is 29.0 Å². The highest BCUT2D eigenvalue weighted by Crippen LogP contribution is 2.34. The number of para-hydroxylation sites is 1. The molecule has 0 aliphatic rings. The van der Waals surface area contributed by atoms with E-state index in [1.54, 1.807) is 6.92 Å². The van der Waals surface area contributed by atoms with Crippen molar-refractivity contribution in [1.82, 2.24) is 9.88 Å². The number of benzene rings is 1. The second kappa shape index (κ2) is 10.9. The van der Waals surface area contributed by atoms with E-state index in [4.69, 9.17) is 9.47 Å². The molecule has 0 aliphatic carbocycles. The summed E-state index contributed by atoms with van der Waals surface area (Å²) in [4.78, 5) is 30.0. The van der Waals surface area contributed by atoms with Gasteiger partial charge < -0.3 is 19.7 Å². The summed E-state index contributed by atoms with van der Waals surface area (Å²) >= 11 is 1.16. The lowest BCUT2D eigenvalue weighted by Gasteiger charge is -2.23. The van der Waals surface area contributed by atoms with Crippen LogP contribution in [0, 0.1) is 0 Å². The van der Waals surface area contributed by atoms with Crippen molar-refractivity contribution in [1.29, 1.82) is 0 Å². The standard InChI is InChI=1S/C19H22F3N3O4S/c1-3-29-17(26)15-12-30-16(23-15)11-25(9-6-10-28-2)18(27)24-14-8-5-4-7-13(14)19(20,21)22/h4-5,7-8,12H,3,6,9-11H2,1-2H3,(H,24,27). The lowest BCUT2D eigenvalue weighted by molar-refractivity contribution is -0.136. The van der Waals surface area contributed by atoms with Crippen molar-refractivity contribution in [3.8, 4) is 0 Å². The van der Waals surface area contributed by atoms with Crippen LogP contribution in [0.3, 0.4) is 0 Å². The fourth-order valence-corrected chi connectivity index (χ4v) is 3.31. The van der Waals surface area contributed by atoms with Gasteiger partial charge >= 0.3 is 18.2 Å². The number of nitrogens with one attached hydrogen (secondary N) is 1. The van der Waals surface area contributed by atoms with Crippen LogP contribution in [0.25, 0.3) is 0 Å². The molecule has 0 aliphatic heterocycles. The van der Waals surface area contributed by atoms with Gasteiger partial charge in [-0.25, -0.2) is 14.6 Å². The average Bonchev–Trinajstić information content (AvgIpc) is 3.16. The smallest absolute Gasteiger partial charge is 0.418 e. The van der Waals surface area contributed by atoms with Gasteiger partial charge in [-0.3, -0.25) is 0 Å². The maximum absolute atomic E-state index is 13.2. The number of carbonyl (C=O) groups is 2. The van der Waals surface area contributed by atoms with Gasteiger partial charge in [0.05, 0.1) is 24.4 Å². The summed E-state index contributed by atoms with van der Waals surface area (Å²) in [5, 5.41) is 4.29. The van der Waals surface area contributed by atoms with Crippen LogP contribution in [0.1, 0.15) is 34.4 Å². The van der Waals surface area contributed by atoms with E-state index in [1.165, 1.54) is 35.6 Å². The van der Waals surface area contributed by atoms with Crippen molar-refractivity contribution in [2.24, 2.45) is 0 Å². The molecule has 0 bridgehead atoms. The molecule has 7 nitrogen and oxygen atoms in total. The molecule has 0 fully saturated rings. The molecule has 0 unspecified atom stereocenters. The first-order valence-electron chi connectivity index (χ1n) is 9.08. The molecule has 2 rings (SSSR count). The molecular weight excluding hydrogens is 423 g/mol. The number of urea groups is 1. The Labute approximate surface area is 175 Å². The number of nitrogens with zero attached hydrogens (tertiary/aromatic N) is 2. The Bertz CT molecular complexity index is 858. The van der Waals surface area contributed by atoms with Gasteiger partial charge in [-0.2, -0.15) is 13.2 Å². The van der Waals surface area contributed by atoms with Crippen LogP contribution in [0.5, 0.6) is 0 Å². The zero-order valence-electron chi connectivity index (χ0n) is 16.5. The molecule has 0 saturated carbocycles. The van der Waals surface area contributed by atoms with Crippen LogP contribution in [0.4, 0.5) is 23.7 Å². The van der Waals surface area contributed by atoms with Gasteiger partial charge in [-0.05, 0) is 25.5 Å². The van der Waals surface area contributed by atoms with Gasteiger partial charge in [-0.15, -0.1) is 11.3 Å². The largest absolute Gasteiger partial charge is 0.461 e. The predicted octanol–water partition coefficient (Wildman–Crippen LogP) is 4.41. The Morgan fingerprint density at radius 3 is 2.67 bits per heavy atom. The number of ether oxygens (including phenoxy) is 2. The minimum absolute atomic E-state index is 0.0216. The highest BCUT2D eigenvalue weighted by molar-refractivity contribution is 7.09. The fraction of sp³-hybridized carbons (Fsp3) is 0.421. The zero-order valence-corrected chi connectivity index (χ0v) is 17.3. The SMILES string of the molecule is CCOC(=O)c1csc(CN(CCCOC)C(=O)Nc2ccccc2C(F)(F)F)n1. The molecule has 0 radical (unpaired) electrons. The van der Waals surface area contributed by atoms with Crippen molar-refractivity contribution in [2.75, 3.05) is 32.2 Å². The van der Waals surface area contributed by atoms with E-state index in [0.717, 1.165) is 17.4 Å². The van der Waals surface area contributed by atoms with Crippen molar-refractivity contribution < 1.29 is 32.2 Å². The molecule has 1 aromatic carbocycles. The van der Waals surface area contributed by atoms with E-state index in [-0.39, 0.29) is 31.1 Å². The van der Waals surface area contributed by atoms with E-state index in [2.05, 4.69) is 10.3 Å². The maximum Gasteiger partial charge on any atom is 0.418 e. The van der Waals surface area contributed by atoms with Crippen LogP contribution in [0.2, 0.25) is 0 Å². The minimum atomic E-state index is -4.60. The Morgan fingerprint density at radius 1 is 1.27 bits per heavy atom. The number of aromatic nitrogens is 1. The van der Waals surface area contributed by atoms with Crippen LogP contribution in [0.15, 0.2) is 29.6 Å². The highest BCUT2D eigenvalue weighted by Gasteiger charge is 2.34. The number of hydrogen-bond donors (Lipinski definition) is 1. The normalized spacial score (nSPS) is 11.2. The number of methoxy groups -OCH3 is 1. The second-order valence-corrected chi connectivity index (χ2v) is 7.03. The Hall–Kier alpha value is -2.66. The van der Waals surface area contributed by atoms with Crippen LogP contribution < -0.4 is 5.32 Å². The summed E-state index contributed by atoms with van der Waals surface area (Å²) < 4.78 is 49.5. The Morgan fingerprint density at radius 2 is 2.00 bits per heavy atom. The van der Waals surface area contributed by atoms with Gasteiger partial charge in [0.1, 0.15) is 5.01 Å². The number of thiazole rings is 1. The van der Waals surface area contributed by atoms with Gasteiger partial charge in [0, 0.05) is 25.6 Å². The summed E-state index contributed by atoms with van der Waals surface area (Å²) in [5.74, 6) is -0.575. The highest BCUT2D eigenvalue weighted by atomic mass is 32.1. The van der Waals surface area contributed by atoms with Crippen LogP contribution >= 0.6 is 11.3 Å². The Kier molecular flexibility index (Phi) is 8.60. The maximum atomic E-state index is 13.2. The zero-order chi connectivity index (χ0) is 22.1. The third-order valence-electron chi connectivity index (χ3n) is 3.90. The molecular formula is C19H22F3N3O4S. The van der Waals surface area contributed by atoms with Gasteiger partial charge in [-0.1, -0.05) is 12.1 Å². The monoisotopic (exact) mass is 445 g/mol. The molecule has 2 amide bonds. The number of esters is 1. The summed E-state index contributed by atoms with van der Waals surface area (Å²) in [6, 6.07) is 4.04. The number of carbonyl (C=O) groups excluding carboxylic acids is 2. The van der Waals surface area contributed by atoms with Crippen LogP contribution in [-0.2, 0) is 22.2 Å². The van der Waals surface area contributed by atoms with Gasteiger partial charge in [0.2, 0.25) is 0 Å². The van der Waals surface area contributed by atoms with Crippen LogP contribution in [-0.4, -0.2) is 48.8 Å². The molecule has 0 spiro atoms. The third kappa shape index (κ3) is 6.70. The van der Waals surface area contributed by atoms with Gasteiger partial charge in [0.15, 0.2) is 5.69 Å². The van der Waals surface area contributed by atoms with Crippen molar-refractivity contribution in [3.05, 3.63) is 45.9 Å². The fourth-order valence-electron chi connectivity index (χ4n) is 2.53. The number of anilines is 1. The lowest BCUT2D eigenvalue weighted by atomic mass is 10.1. The molecule has 1 N–H and O–H groups in total. The topological polar surface area (TPSA) is 80.8 Å². The minimum Gasteiger partial charge on any atom is -0.461 e. The van der Waals surface area contributed by atoms with E-state index >= 15 is 0 Å². The number of amides is 2. The van der Waals surface area contributed by atoms with Crippen molar-refractivity contribution in [2.45, 2.75) is 26.1 Å². The van der Waals surface area contributed by atoms with E-state index in [9.17, 15) is 22.8 Å². The first kappa shape index (κ1) is 23.6. The molecule has 11 heteroatoms. The summed E-state index contributed by atoms with van der Waals surface area (Å²) in [7, 11) is 1.51. The molecule has 0 saturated heterocycles. The average molecular weight is 445 g/mol. The molecule has 164 valence electrons. The van der Waals surface area contributed by atoms with E-state index in [0.29, 0.717) is 18.0 Å². The van der Waals surface area contributed by atoms with Gasteiger partial charge in [0.25, 0.3) is 0 Å². The second-order valence-electron chi connectivity index (χ2n) is 6.09. The third-order valence-corrected chi connectivity index (χ3v) is 4.73. The summed E-state index contributed by atoms with van der Waals surface area (Å²) in [6.45, 7) is 2.49. The Balaban J connectivity index is 2.17. The lowest BCUT2D eigenvalue weighted by Crippen LogP contribution is -2.36. The number of alkyl halides is 3. The van der Waals surface area contributed by atoms with E-state index < -0.39 is 23.7 Å². The quantitative estimate of drug-likeness (QED) is 0.457. The molecule has 0 atom stereocenters. The van der Waals surface area contributed by atoms with E-state index in [1.807, 2.05) is 0 Å². The molecule has 30 heavy (non-hydrogen) atoms. The summed E-state index contributed by atoms with van der Waals surface area (Å²) in [5.41, 5.74) is -1.15. The molecule has 2 aromatic rings. The predicted molar refractivity (Wildman–Crippen MR) is 105 cm³/mol.